The molecule has 12 heteroatoms. The van der Waals surface area contributed by atoms with Gasteiger partial charge in [0.1, 0.15) is 0 Å². The van der Waals surface area contributed by atoms with Gasteiger partial charge in [-0.05, 0) is 76.0 Å². The molecular formula is C36H51N3O9. The van der Waals surface area contributed by atoms with Crippen molar-refractivity contribution in [2.75, 3.05) is 39.5 Å². The van der Waals surface area contributed by atoms with E-state index in [1.807, 2.05) is 0 Å². The van der Waals surface area contributed by atoms with Crippen LogP contribution >= 0.6 is 0 Å². The van der Waals surface area contributed by atoms with E-state index in [-0.39, 0.29) is 16.7 Å². The minimum absolute atomic E-state index is 0.201. The van der Waals surface area contributed by atoms with Crippen molar-refractivity contribution in [3.05, 3.63) is 72.9 Å². The highest BCUT2D eigenvalue weighted by Gasteiger charge is 2.16. The molecule has 12 nitrogen and oxygen atoms in total. The van der Waals surface area contributed by atoms with Crippen LogP contribution in [0.3, 0.4) is 0 Å². The van der Waals surface area contributed by atoms with Crippen molar-refractivity contribution in [3.63, 3.8) is 0 Å². The smallest absolute Gasteiger partial charge is 0.330 e. The van der Waals surface area contributed by atoms with Crippen LogP contribution in [0.2, 0.25) is 0 Å². The first-order valence-corrected chi connectivity index (χ1v) is 16.6. The average Bonchev–Trinajstić information content (AvgIpc) is 3.10. The van der Waals surface area contributed by atoms with Gasteiger partial charge in [0.25, 0.3) is 17.7 Å². The van der Waals surface area contributed by atoms with Gasteiger partial charge in [-0.25, -0.2) is 14.4 Å². The van der Waals surface area contributed by atoms with E-state index in [0.717, 1.165) is 56.8 Å². The molecule has 0 aliphatic rings. The van der Waals surface area contributed by atoms with E-state index in [1.54, 1.807) is 0 Å². The Kier molecular flexibility index (Phi) is 22.7. The summed E-state index contributed by atoms with van der Waals surface area (Å²) in [6, 6.07) is 4.42. The van der Waals surface area contributed by atoms with Crippen molar-refractivity contribution in [2.24, 2.45) is 0 Å². The lowest BCUT2D eigenvalue weighted by Gasteiger charge is -2.12. The number of carbonyl (C=O) groups excluding carboxylic acids is 6. The Labute approximate surface area is 283 Å². The normalized spacial score (nSPS) is 10.2. The first-order valence-electron chi connectivity index (χ1n) is 16.6. The number of esters is 3. The Morgan fingerprint density at radius 2 is 0.688 bits per heavy atom. The zero-order valence-corrected chi connectivity index (χ0v) is 28.0. The number of amides is 3. The van der Waals surface area contributed by atoms with E-state index in [1.165, 1.54) is 18.2 Å². The lowest BCUT2D eigenvalue weighted by Crippen LogP contribution is -2.29. The Bertz CT molecular complexity index is 1070. The Morgan fingerprint density at radius 1 is 0.438 bits per heavy atom. The molecule has 0 saturated carbocycles. The van der Waals surface area contributed by atoms with Crippen LogP contribution in [-0.2, 0) is 28.6 Å². The van der Waals surface area contributed by atoms with E-state index >= 15 is 0 Å². The molecule has 0 aromatic heterocycles. The van der Waals surface area contributed by atoms with E-state index in [0.29, 0.717) is 78.0 Å². The molecule has 0 bridgehead atoms. The first-order chi connectivity index (χ1) is 23.2. The summed E-state index contributed by atoms with van der Waals surface area (Å²) in [7, 11) is 0. The summed E-state index contributed by atoms with van der Waals surface area (Å²) in [5.41, 5.74) is 0.604. The summed E-state index contributed by atoms with van der Waals surface area (Å²) in [6.07, 6.45) is 12.6. The summed E-state index contributed by atoms with van der Waals surface area (Å²) in [5.74, 6) is -2.54. The van der Waals surface area contributed by atoms with Crippen LogP contribution in [0.5, 0.6) is 0 Å². The molecule has 0 fully saturated rings. The number of rotatable bonds is 27. The quantitative estimate of drug-likeness (QED) is 0.0519. The molecule has 3 amide bonds. The lowest BCUT2D eigenvalue weighted by molar-refractivity contribution is -0.138. The molecule has 1 rings (SSSR count). The van der Waals surface area contributed by atoms with Crippen LogP contribution < -0.4 is 16.0 Å². The van der Waals surface area contributed by atoms with Crippen molar-refractivity contribution in [2.45, 2.75) is 77.0 Å². The van der Waals surface area contributed by atoms with Gasteiger partial charge in [0.15, 0.2) is 0 Å². The van der Waals surface area contributed by atoms with Gasteiger partial charge in [-0.2, -0.15) is 0 Å². The highest BCUT2D eigenvalue weighted by Crippen LogP contribution is 2.13. The Morgan fingerprint density at radius 3 is 0.938 bits per heavy atom. The van der Waals surface area contributed by atoms with Crippen LogP contribution in [0.15, 0.2) is 56.2 Å². The minimum Gasteiger partial charge on any atom is -0.463 e. The van der Waals surface area contributed by atoms with Crippen LogP contribution in [0.4, 0.5) is 0 Å². The van der Waals surface area contributed by atoms with Gasteiger partial charge >= 0.3 is 17.9 Å². The van der Waals surface area contributed by atoms with Gasteiger partial charge in [-0.15, -0.1) is 0 Å². The second-order valence-corrected chi connectivity index (χ2v) is 10.9. The van der Waals surface area contributed by atoms with E-state index in [4.69, 9.17) is 14.2 Å². The summed E-state index contributed by atoms with van der Waals surface area (Å²) in [6.45, 7) is 12.2. The monoisotopic (exact) mass is 669 g/mol. The first kappa shape index (κ1) is 41.3. The van der Waals surface area contributed by atoms with Crippen molar-refractivity contribution >= 4 is 35.6 Å². The maximum atomic E-state index is 13.0. The van der Waals surface area contributed by atoms with E-state index in [9.17, 15) is 28.8 Å². The number of hydrogen-bond acceptors (Lipinski definition) is 9. The Hall–Kier alpha value is -4.74. The van der Waals surface area contributed by atoms with Crippen LogP contribution in [0, 0.1) is 0 Å². The van der Waals surface area contributed by atoms with Gasteiger partial charge < -0.3 is 30.2 Å². The number of hydrogen-bond donors (Lipinski definition) is 3. The second-order valence-electron chi connectivity index (χ2n) is 10.9. The molecule has 264 valence electrons. The van der Waals surface area contributed by atoms with Crippen molar-refractivity contribution in [3.8, 4) is 0 Å². The van der Waals surface area contributed by atoms with Gasteiger partial charge in [0, 0.05) is 54.6 Å². The molecule has 1 aromatic carbocycles. The number of unbranched alkanes of at least 4 members (excludes halogenated alkanes) is 9. The van der Waals surface area contributed by atoms with Gasteiger partial charge in [0.2, 0.25) is 0 Å². The van der Waals surface area contributed by atoms with Gasteiger partial charge in [-0.3, -0.25) is 14.4 Å². The fourth-order valence-corrected chi connectivity index (χ4v) is 4.37. The van der Waals surface area contributed by atoms with Crippen molar-refractivity contribution in [1.82, 2.24) is 16.0 Å². The number of benzene rings is 1. The summed E-state index contributed by atoms with van der Waals surface area (Å²) >= 11 is 0. The third kappa shape index (κ3) is 19.7. The average molecular weight is 670 g/mol. The molecule has 0 aliphatic carbocycles. The molecule has 0 atom stereocenters. The number of carbonyl (C=O) groups is 6. The van der Waals surface area contributed by atoms with Crippen molar-refractivity contribution < 1.29 is 43.0 Å². The molecule has 0 radical (unpaired) electrons. The molecule has 0 aliphatic heterocycles. The van der Waals surface area contributed by atoms with Crippen LogP contribution in [0.25, 0.3) is 0 Å². The number of ether oxygens (including phenoxy) is 3. The molecule has 0 unspecified atom stereocenters. The SMILES string of the molecule is C=CC(=O)OCCCCCCNC(=O)c1cc(C(=O)NCCCCCCOC(=O)C=C)cc(C(=O)NCCCCCCOC(=O)C=C)c1. The summed E-state index contributed by atoms with van der Waals surface area (Å²) < 4.78 is 14.9. The number of nitrogens with one attached hydrogen (secondary N) is 3. The molecular weight excluding hydrogens is 618 g/mol. The topological polar surface area (TPSA) is 166 Å². The highest BCUT2D eigenvalue weighted by atomic mass is 16.5. The lowest BCUT2D eigenvalue weighted by atomic mass is 10.0. The summed E-state index contributed by atoms with van der Waals surface area (Å²) in [5, 5.41) is 8.55. The van der Waals surface area contributed by atoms with Gasteiger partial charge in [-0.1, -0.05) is 39.0 Å². The molecule has 0 spiro atoms. The standard InChI is InChI=1S/C36H51N3O9/c1-4-31(40)46-22-16-10-7-13-19-37-34(43)28-25-29(35(44)38-20-14-8-11-17-23-47-32(41)5-2)27-30(26-28)36(45)39-21-15-9-12-18-24-48-33(42)6-3/h4-6,25-27H,1-3,7-24H2,(H,37,43)(H,38,44)(H,39,45). The van der Waals surface area contributed by atoms with E-state index < -0.39 is 35.6 Å². The fourth-order valence-electron chi connectivity index (χ4n) is 4.37. The molecule has 1 aromatic rings. The van der Waals surface area contributed by atoms with Gasteiger partial charge in [0.05, 0.1) is 19.8 Å². The summed E-state index contributed by atoms with van der Waals surface area (Å²) in [4.78, 5) is 72.3. The predicted octanol–water partition coefficient (Wildman–Crippen LogP) is 4.74. The third-order valence-corrected chi connectivity index (χ3v) is 7.02. The molecule has 48 heavy (non-hydrogen) atoms. The molecule has 0 heterocycles. The minimum atomic E-state index is -0.451. The zero-order chi connectivity index (χ0) is 35.4. The maximum Gasteiger partial charge on any atom is 0.330 e. The third-order valence-electron chi connectivity index (χ3n) is 7.02. The van der Waals surface area contributed by atoms with Crippen molar-refractivity contribution in [1.29, 1.82) is 0 Å². The van der Waals surface area contributed by atoms with Crippen LogP contribution in [0.1, 0.15) is 108 Å². The Balaban J connectivity index is 2.67. The maximum absolute atomic E-state index is 13.0. The fraction of sp³-hybridized carbons (Fsp3) is 0.500. The second kappa shape index (κ2) is 26.3. The zero-order valence-electron chi connectivity index (χ0n) is 28.0. The molecule has 3 N–H and O–H groups in total. The predicted molar refractivity (Wildman–Crippen MR) is 182 cm³/mol. The van der Waals surface area contributed by atoms with E-state index in [2.05, 4.69) is 35.7 Å². The highest BCUT2D eigenvalue weighted by molar-refractivity contribution is 6.04. The largest absolute Gasteiger partial charge is 0.463 e. The molecule has 0 saturated heterocycles. The van der Waals surface area contributed by atoms with Crippen LogP contribution in [-0.4, -0.2) is 75.1 Å².